The number of fused-ring (bicyclic) bond motifs is 1. The summed E-state index contributed by atoms with van der Waals surface area (Å²) in [6.07, 6.45) is 3.57. The molecular weight excluding hydrogens is 270 g/mol. The van der Waals surface area contributed by atoms with Crippen LogP contribution in [0.25, 0.3) is 22.3 Å². The summed E-state index contributed by atoms with van der Waals surface area (Å²) in [5.41, 5.74) is 3.07. The predicted octanol–water partition coefficient (Wildman–Crippen LogP) is 1.71. The van der Waals surface area contributed by atoms with E-state index in [1.165, 1.54) is 4.68 Å². The van der Waals surface area contributed by atoms with Gasteiger partial charge in [-0.25, -0.2) is 9.67 Å². The van der Waals surface area contributed by atoms with Crippen molar-refractivity contribution in [3.05, 3.63) is 30.2 Å². The van der Waals surface area contributed by atoms with E-state index in [-0.39, 0.29) is 6.54 Å². The van der Waals surface area contributed by atoms with Crippen molar-refractivity contribution < 1.29 is 9.90 Å². The molecule has 3 rings (SSSR count). The Hall–Kier alpha value is -2.70. The quantitative estimate of drug-likeness (QED) is 0.788. The van der Waals surface area contributed by atoms with Gasteiger partial charge < -0.3 is 5.11 Å². The number of aromatic nitrogens is 5. The Kier molecular flexibility index (Phi) is 3.17. The molecule has 0 atom stereocenters. The minimum absolute atomic E-state index is 0.204. The average Bonchev–Trinajstić information content (AvgIpc) is 3.04. The number of hydrogen-bond donors (Lipinski definition) is 1. The van der Waals surface area contributed by atoms with E-state index in [4.69, 9.17) is 5.11 Å². The number of aliphatic carboxylic acids is 1. The second-order valence-corrected chi connectivity index (χ2v) is 4.75. The number of hydrogen-bond acceptors (Lipinski definition) is 4. The van der Waals surface area contributed by atoms with Gasteiger partial charge in [-0.2, -0.15) is 10.2 Å². The Balaban J connectivity index is 2.20. The van der Waals surface area contributed by atoms with Gasteiger partial charge in [-0.1, -0.05) is 0 Å². The van der Waals surface area contributed by atoms with Gasteiger partial charge >= 0.3 is 5.97 Å². The van der Waals surface area contributed by atoms with E-state index in [2.05, 4.69) is 15.2 Å². The summed E-state index contributed by atoms with van der Waals surface area (Å²) < 4.78 is 3.26. The van der Waals surface area contributed by atoms with Gasteiger partial charge in [-0.15, -0.1) is 0 Å². The number of carboxylic acid groups (broad SMARTS) is 1. The van der Waals surface area contributed by atoms with Crippen LogP contribution in [0.15, 0.2) is 24.5 Å². The van der Waals surface area contributed by atoms with Crippen molar-refractivity contribution in [2.75, 3.05) is 0 Å². The Bertz CT molecular complexity index is 818. The molecule has 108 valence electrons. The van der Waals surface area contributed by atoms with Gasteiger partial charge in [0.05, 0.1) is 16.8 Å². The molecular formula is C14H15N5O2. The van der Waals surface area contributed by atoms with Crippen LogP contribution >= 0.6 is 0 Å². The summed E-state index contributed by atoms with van der Waals surface area (Å²) in [4.78, 5) is 15.2. The van der Waals surface area contributed by atoms with E-state index in [0.29, 0.717) is 5.65 Å². The van der Waals surface area contributed by atoms with Crippen molar-refractivity contribution in [2.45, 2.75) is 26.9 Å². The fraction of sp³-hybridized carbons (Fsp3) is 0.286. The lowest BCUT2D eigenvalue weighted by Crippen LogP contribution is -2.10. The molecule has 7 heteroatoms. The molecule has 0 aliphatic rings. The summed E-state index contributed by atoms with van der Waals surface area (Å²) in [6.45, 7) is 4.47. The number of rotatable bonds is 4. The van der Waals surface area contributed by atoms with Crippen molar-refractivity contribution in [3.8, 4) is 11.3 Å². The maximum Gasteiger partial charge on any atom is 0.325 e. The molecule has 0 bridgehead atoms. The molecule has 7 nitrogen and oxygen atoms in total. The molecule has 0 amide bonds. The number of aryl methyl sites for hydroxylation is 2. The molecule has 0 aliphatic carbocycles. The molecule has 0 spiro atoms. The van der Waals surface area contributed by atoms with Crippen molar-refractivity contribution in [1.29, 1.82) is 0 Å². The first-order chi connectivity index (χ1) is 10.1. The van der Waals surface area contributed by atoms with Gasteiger partial charge in [0.15, 0.2) is 5.65 Å². The van der Waals surface area contributed by atoms with E-state index in [1.807, 2.05) is 36.9 Å². The smallest absolute Gasteiger partial charge is 0.325 e. The molecule has 21 heavy (non-hydrogen) atoms. The second-order valence-electron chi connectivity index (χ2n) is 4.75. The van der Waals surface area contributed by atoms with Crippen LogP contribution in [0.3, 0.4) is 0 Å². The highest BCUT2D eigenvalue weighted by Crippen LogP contribution is 2.28. The molecule has 3 heterocycles. The van der Waals surface area contributed by atoms with Gasteiger partial charge in [-0.05, 0) is 26.0 Å². The van der Waals surface area contributed by atoms with E-state index in [0.717, 1.165) is 28.9 Å². The topological polar surface area (TPSA) is 85.8 Å². The fourth-order valence-corrected chi connectivity index (χ4v) is 2.41. The van der Waals surface area contributed by atoms with Gasteiger partial charge in [0.2, 0.25) is 0 Å². The van der Waals surface area contributed by atoms with Crippen LogP contribution < -0.4 is 0 Å². The average molecular weight is 285 g/mol. The summed E-state index contributed by atoms with van der Waals surface area (Å²) in [5, 5.41) is 18.6. The molecule has 0 saturated heterocycles. The third kappa shape index (κ3) is 2.26. The van der Waals surface area contributed by atoms with Crippen LogP contribution in [0, 0.1) is 6.92 Å². The summed E-state index contributed by atoms with van der Waals surface area (Å²) in [5.74, 6) is -0.943. The summed E-state index contributed by atoms with van der Waals surface area (Å²) in [7, 11) is 0. The highest BCUT2D eigenvalue weighted by atomic mass is 16.4. The van der Waals surface area contributed by atoms with E-state index < -0.39 is 5.97 Å². The fourth-order valence-electron chi connectivity index (χ4n) is 2.41. The van der Waals surface area contributed by atoms with E-state index in [9.17, 15) is 4.79 Å². The first-order valence-corrected chi connectivity index (χ1v) is 6.68. The molecule has 1 N–H and O–H groups in total. The molecule has 3 aromatic heterocycles. The molecule has 0 fully saturated rings. The van der Waals surface area contributed by atoms with Crippen LogP contribution in [0.2, 0.25) is 0 Å². The summed E-state index contributed by atoms with van der Waals surface area (Å²) in [6, 6.07) is 3.82. The zero-order valence-electron chi connectivity index (χ0n) is 11.8. The maximum absolute atomic E-state index is 10.9. The normalized spacial score (nSPS) is 11.1. The highest BCUT2D eigenvalue weighted by molar-refractivity contribution is 5.94. The lowest BCUT2D eigenvalue weighted by Gasteiger charge is -2.01. The van der Waals surface area contributed by atoms with Crippen LogP contribution in [0.4, 0.5) is 0 Å². The monoisotopic (exact) mass is 285 g/mol. The zero-order chi connectivity index (χ0) is 15.0. The SMILES string of the molecule is CCn1ccc(-c2ccnc3c2c(C)nn3CC(=O)O)n1. The Morgan fingerprint density at radius 3 is 2.81 bits per heavy atom. The summed E-state index contributed by atoms with van der Waals surface area (Å²) >= 11 is 0. The second kappa shape index (κ2) is 5.01. The number of carbonyl (C=O) groups is 1. The Morgan fingerprint density at radius 1 is 1.33 bits per heavy atom. The molecule has 0 radical (unpaired) electrons. The van der Waals surface area contributed by atoms with Gasteiger partial charge in [0.1, 0.15) is 6.54 Å². The van der Waals surface area contributed by atoms with Crippen LogP contribution in [-0.4, -0.2) is 35.6 Å². The molecule has 0 unspecified atom stereocenters. The number of carboxylic acids is 1. The van der Waals surface area contributed by atoms with Gasteiger partial charge in [-0.3, -0.25) is 9.48 Å². The Morgan fingerprint density at radius 2 is 2.14 bits per heavy atom. The van der Waals surface area contributed by atoms with Crippen LogP contribution in [-0.2, 0) is 17.9 Å². The highest BCUT2D eigenvalue weighted by Gasteiger charge is 2.16. The largest absolute Gasteiger partial charge is 0.480 e. The van der Waals surface area contributed by atoms with Crippen molar-refractivity contribution in [1.82, 2.24) is 24.5 Å². The first-order valence-electron chi connectivity index (χ1n) is 6.68. The first kappa shape index (κ1) is 13.3. The molecule has 0 aromatic carbocycles. The van der Waals surface area contributed by atoms with Gasteiger partial charge in [0.25, 0.3) is 0 Å². The predicted molar refractivity (Wildman–Crippen MR) is 76.8 cm³/mol. The molecule has 0 aliphatic heterocycles. The minimum Gasteiger partial charge on any atom is -0.480 e. The van der Waals surface area contributed by atoms with Crippen molar-refractivity contribution >= 4 is 17.0 Å². The maximum atomic E-state index is 10.9. The molecule has 0 saturated carbocycles. The van der Waals surface area contributed by atoms with E-state index in [1.54, 1.807) is 6.20 Å². The van der Waals surface area contributed by atoms with Crippen molar-refractivity contribution in [2.24, 2.45) is 0 Å². The lowest BCUT2D eigenvalue weighted by atomic mass is 10.1. The van der Waals surface area contributed by atoms with E-state index >= 15 is 0 Å². The standard InChI is InChI=1S/C14H15N5O2/c1-3-18-7-5-11(17-18)10-4-6-15-14-13(10)9(2)16-19(14)8-12(20)21/h4-7H,3,8H2,1-2H3,(H,20,21). The third-order valence-electron chi connectivity index (χ3n) is 3.33. The third-order valence-corrected chi connectivity index (χ3v) is 3.33. The number of nitrogens with zero attached hydrogens (tertiary/aromatic N) is 5. The number of pyridine rings is 1. The van der Waals surface area contributed by atoms with Crippen LogP contribution in [0.1, 0.15) is 12.6 Å². The lowest BCUT2D eigenvalue weighted by molar-refractivity contribution is -0.137. The van der Waals surface area contributed by atoms with Crippen molar-refractivity contribution in [3.63, 3.8) is 0 Å². The molecule has 3 aromatic rings. The van der Waals surface area contributed by atoms with Gasteiger partial charge in [0, 0.05) is 24.5 Å². The zero-order valence-corrected chi connectivity index (χ0v) is 11.8. The minimum atomic E-state index is -0.943. The van der Waals surface area contributed by atoms with Crippen LogP contribution in [0.5, 0.6) is 0 Å². The Labute approximate surface area is 120 Å².